The third-order valence-corrected chi connectivity index (χ3v) is 5.37. The van der Waals surface area contributed by atoms with Crippen LogP contribution in [0.2, 0.25) is 0 Å². The second-order valence-corrected chi connectivity index (χ2v) is 7.32. The summed E-state index contributed by atoms with van der Waals surface area (Å²) in [6.45, 7) is 1.24. The fourth-order valence-corrected chi connectivity index (χ4v) is 3.83. The third-order valence-electron chi connectivity index (χ3n) is 4.15. The largest absolute Gasteiger partial charge is 0.386 e. The molecule has 0 radical (unpaired) electrons. The number of aliphatic hydroxyl groups excluding tert-OH is 1. The number of aliphatic imine (C=N–C) groups is 1. The van der Waals surface area contributed by atoms with Crippen molar-refractivity contribution in [1.82, 2.24) is 20.4 Å². The SMILES string of the molecule is CN=C(NCCCc1cnn(C)c1)NCC(O)c1cc2ccccc2s1. The normalized spacial score (nSPS) is 13.1. The van der Waals surface area contributed by atoms with Crippen LogP contribution in [0.1, 0.15) is 23.0 Å². The molecule has 3 N–H and O–H groups in total. The second kappa shape index (κ2) is 8.82. The number of rotatable bonds is 7. The van der Waals surface area contributed by atoms with Crippen LogP contribution in [0.5, 0.6) is 0 Å². The summed E-state index contributed by atoms with van der Waals surface area (Å²) in [5, 5.41) is 22.3. The van der Waals surface area contributed by atoms with Crippen molar-refractivity contribution in [2.24, 2.45) is 12.0 Å². The Labute approximate surface area is 157 Å². The van der Waals surface area contributed by atoms with Crippen LogP contribution in [-0.4, -0.2) is 41.0 Å². The van der Waals surface area contributed by atoms with E-state index in [-0.39, 0.29) is 0 Å². The topological polar surface area (TPSA) is 74.5 Å². The van der Waals surface area contributed by atoms with E-state index < -0.39 is 6.10 Å². The van der Waals surface area contributed by atoms with E-state index >= 15 is 0 Å². The van der Waals surface area contributed by atoms with Gasteiger partial charge in [0, 0.05) is 43.0 Å². The van der Waals surface area contributed by atoms with E-state index in [2.05, 4.69) is 38.9 Å². The van der Waals surface area contributed by atoms with Crippen LogP contribution in [-0.2, 0) is 13.5 Å². The van der Waals surface area contributed by atoms with E-state index in [4.69, 9.17) is 0 Å². The summed E-state index contributed by atoms with van der Waals surface area (Å²) in [4.78, 5) is 5.18. The highest BCUT2D eigenvalue weighted by Crippen LogP contribution is 2.29. The second-order valence-electron chi connectivity index (χ2n) is 6.21. The molecular formula is C19H25N5OS. The number of guanidine groups is 1. The maximum atomic E-state index is 10.4. The zero-order chi connectivity index (χ0) is 18.4. The van der Waals surface area contributed by atoms with Crippen LogP contribution in [0, 0.1) is 0 Å². The van der Waals surface area contributed by atoms with Crippen LogP contribution < -0.4 is 10.6 Å². The van der Waals surface area contributed by atoms with Crippen LogP contribution in [0.25, 0.3) is 10.1 Å². The minimum atomic E-state index is -0.554. The monoisotopic (exact) mass is 371 g/mol. The molecule has 3 rings (SSSR count). The molecule has 26 heavy (non-hydrogen) atoms. The van der Waals surface area contributed by atoms with Crippen LogP contribution in [0.4, 0.5) is 0 Å². The van der Waals surface area contributed by atoms with Gasteiger partial charge in [0.2, 0.25) is 0 Å². The highest BCUT2D eigenvalue weighted by Gasteiger charge is 2.12. The first-order valence-electron chi connectivity index (χ1n) is 8.74. The maximum absolute atomic E-state index is 10.4. The lowest BCUT2D eigenvalue weighted by Crippen LogP contribution is -2.39. The molecule has 0 aliphatic carbocycles. The molecule has 1 aromatic carbocycles. The van der Waals surface area contributed by atoms with Gasteiger partial charge in [0.05, 0.1) is 6.20 Å². The Kier molecular flexibility index (Phi) is 6.25. The molecule has 0 fully saturated rings. The van der Waals surface area contributed by atoms with Crippen molar-refractivity contribution in [2.75, 3.05) is 20.1 Å². The Hall–Kier alpha value is -2.38. The molecular weight excluding hydrogens is 346 g/mol. The number of thiophene rings is 1. The van der Waals surface area contributed by atoms with Crippen molar-refractivity contribution in [2.45, 2.75) is 18.9 Å². The number of aromatic nitrogens is 2. The van der Waals surface area contributed by atoms with Gasteiger partial charge in [-0.2, -0.15) is 5.10 Å². The summed E-state index contributed by atoms with van der Waals surface area (Å²) >= 11 is 1.63. The van der Waals surface area contributed by atoms with E-state index in [0.29, 0.717) is 12.5 Å². The molecule has 0 saturated carbocycles. The predicted molar refractivity (Wildman–Crippen MR) is 108 cm³/mol. The number of aryl methyl sites for hydroxylation is 2. The van der Waals surface area contributed by atoms with E-state index in [0.717, 1.165) is 24.3 Å². The van der Waals surface area contributed by atoms with Gasteiger partial charge in [-0.3, -0.25) is 9.67 Å². The molecule has 6 nitrogen and oxygen atoms in total. The summed E-state index contributed by atoms with van der Waals surface area (Å²) in [6, 6.07) is 10.2. The van der Waals surface area contributed by atoms with Gasteiger partial charge in [0.1, 0.15) is 6.10 Å². The molecule has 138 valence electrons. The zero-order valence-electron chi connectivity index (χ0n) is 15.1. The van der Waals surface area contributed by atoms with Crippen molar-refractivity contribution in [1.29, 1.82) is 0 Å². The van der Waals surface area contributed by atoms with Gasteiger partial charge >= 0.3 is 0 Å². The lowest BCUT2D eigenvalue weighted by molar-refractivity contribution is 0.184. The molecule has 0 amide bonds. The Morgan fingerprint density at radius 1 is 1.35 bits per heavy atom. The van der Waals surface area contributed by atoms with E-state index in [1.165, 1.54) is 15.6 Å². The highest BCUT2D eigenvalue weighted by molar-refractivity contribution is 7.19. The van der Waals surface area contributed by atoms with Crippen molar-refractivity contribution in [3.63, 3.8) is 0 Å². The first-order chi connectivity index (χ1) is 12.7. The minimum absolute atomic E-state index is 0.426. The number of fused-ring (bicyclic) bond motifs is 1. The molecule has 1 atom stereocenters. The zero-order valence-corrected chi connectivity index (χ0v) is 16.0. The molecule has 0 bridgehead atoms. The molecule has 2 heterocycles. The van der Waals surface area contributed by atoms with E-state index in [9.17, 15) is 5.11 Å². The number of aliphatic hydroxyl groups is 1. The van der Waals surface area contributed by atoms with Crippen molar-refractivity contribution >= 4 is 27.4 Å². The Balaban J connectivity index is 1.43. The molecule has 7 heteroatoms. The van der Waals surface area contributed by atoms with E-state index in [1.54, 1.807) is 18.4 Å². The average Bonchev–Trinajstić information content (AvgIpc) is 3.26. The quantitative estimate of drug-likeness (QED) is 0.339. The molecule has 1 unspecified atom stereocenters. The number of nitrogens with one attached hydrogen (secondary N) is 2. The van der Waals surface area contributed by atoms with Gasteiger partial charge < -0.3 is 15.7 Å². The van der Waals surface area contributed by atoms with Crippen molar-refractivity contribution in [3.8, 4) is 0 Å². The number of nitrogens with zero attached hydrogens (tertiary/aromatic N) is 3. The molecule has 0 aliphatic heterocycles. The summed E-state index contributed by atoms with van der Waals surface area (Å²) in [5.74, 6) is 0.705. The first-order valence-corrected chi connectivity index (χ1v) is 9.56. The summed E-state index contributed by atoms with van der Waals surface area (Å²) in [5.41, 5.74) is 1.23. The van der Waals surface area contributed by atoms with Crippen molar-refractivity contribution in [3.05, 3.63) is 53.2 Å². The lowest BCUT2D eigenvalue weighted by Gasteiger charge is -2.14. The highest BCUT2D eigenvalue weighted by atomic mass is 32.1. The Morgan fingerprint density at radius 2 is 2.19 bits per heavy atom. The van der Waals surface area contributed by atoms with Crippen LogP contribution in [0.15, 0.2) is 47.7 Å². The summed E-state index contributed by atoms with van der Waals surface area (Å²) in [7, 11) is 3.66. The smallest absolute Gasteiger partial charge is 0.191 e. The number of benzene rings is 1. The van der Waals surface area contributed by atoms with Gasteiger partial charge in [-0.1, -0.05) is 18.2 Å². The fraction of sp³-hybridized carbons (Fsp3) is 0.368. The standard InChI is InChI=1S/C19H25N5OS/c1-20-19(21-9-5-6-14-11-23-24(2)13-14)22-12-16(25)18-10-15-7-3-4-8-17(15)26-18/h3-4,7-8,10-11,13,16,25H,5-6,9,12H2,1-2H3,(H2,20,21,22). The Morgan fingerprint density at radius 3 is 2.92 bits per heavy atom. The van der Waals surface area contributed by atoms with Gasteiger partial charge in [0.25, 0.3) is 0 Å². The first kappa shape index (κ1) is 18.4. The fourth-order valence-electron chi connectivity index (χ4n) is 2.78. The summed E-state index contributed by atoms with van der Waals surface area (Å²) in [6.07, 6.45) is 5.34. The number of hydrogen-bond donors (Lipinski definition) is 3. The molecule has 0 aliphatic rings. The van der Waals surface area contributed by atoms with Gasteiger partial charge in [-0.05, 0) is 35.9 Å². The van der Waals surface area contributed by atoms with Crippen LogP contribution in [0.3, 0.4) is 0 Å². The summed E-state index contributed by atoms with van der Waals surface area (Å²) < 4.78 is 3.01. The van der Waals surface area contributed by atoms with Crippen molar-refractivity contribution < 1.29 is 5.11 Å². The molecule has 0 saturated heterocycles. The Bertz CT molecular complexity index is 837. The van der Waals surface area contributed by atoms with E-state index in [1.807, 2.05) is 36.3 Å². The van der Waals surface area contributed by atoms with Gasteiger partial charge in [0.15, 0.2) is 5.96 Å². The molecule has 0 spiro atoms. The van der Waals surface area contributed by atoms with Crippen LogP contribution >= 0.6 is 11.3 Å². The predicted octanol–water partition coefficient (Wildman–Crippen LogP) is 2.47. The third kappa shape index (κ3) is 4.83. The van der Waals surface area contributed by atoms with Gasteiger partial charge in [-0.15, -0.1) is 11.3 Å². The number of hydrogen-bond acceptors (Lipinski definition) is 4. The lowest BCUT2D eigenvalue weighted by atomic mass is 10.2. The van der Waals surface area contributed by atoms with Gasteiger partial charge in [-0.25, -0.2) is 0 Å². The minimum Gasteiger partial charge on any atom is -0.386 e. The molecule has 2 aromatic heterocycles. The average molecular weight is 372 g/mol. The maximum Gasteiger partial charge on any atom is 0.191 e. The molecule has 3 aromatic rings.